The third-order valence-corrected chi connectivity index (χ3v) is 5.02. The van der Waals surface area contributed by atoms with E-state index in [2.05, 4.69) is 37.6 Å². The number of nitrogens with one attached hydrogen (secondary N) is 2. The van der Waals surface area contributed by atoms with Crippen molar-refractivity contribution in [2.24, 2.45) is 7.05 Å². The summed E-state index contributed by atoms with van der Waals surface area (Å²) in [5, 5.41) is 10.5. The second kappa shape index (κ2) is 8.32. The Hall–Kier alpha value is -3.39. The number of anilines is 4. The van der Waals surface area contributed by atoms with Gasteiger partial charge in [0.2, 0.25) is 0 Å². The molecular formula is C21H25N7O. The second-order valence-corrected chi connectivity index (χ2v) is 7.21. The first-order valence-corrected chi connectivity index (χ1v) is 9.64. The lowest BCUT2D eigenvalue weighted by atomic mass is 10.2. The number of rotatable bonds is 5. The zero-order valence-corrected chi connectivity index (χ0v) is 16.7. The molecule has 1 aliphatic rings. The Kier molecular flexibility index (Phi) is 5.44. The number of pyridine rings is 1. The number of likely N-dealkylation sites (N-methyl/N-ethyl adjacent to an activating group) is 1. The smallest absolute Gasteiger partial charge is 0.255 e. The van der Waals surface area contributed by atoms with Crippen LogP contribution in [0.2, 0.25) is 0 Å². The van der Waals surface area contributed by atoms with Gasteiger partial charge in [0.1, 0.15) is 0 Å². The highest BCUT2D eigenvalue weighted by molar-refractivity contribution is 6.06. The molecule has 4 rings (SSSR count). The molecule has 0 aliphatic carbocycles. The van der Waals surface area contributed by atoms with E-state index in [1.54, 1.807) is 29.2 Å². The van der Waals surface area contributed by atoms with Crippen molar-refractivity contribution in [3.63, 3.8) is 0 Å². The lowest BCUT2D eigenvalue weighted by Crippen LogP contribution is -2.44. The molecule has 8 nitrogen and oxygen atoms in total. The molecule has 2 N–H and O–H groups in total. The summed E-state index contributed by atoms with van der Waals surface area (Å²) in [5.74, 6) is 0.606. The summed E-state index contributed by atoms with van der Waals surface area (Å²) in [6.07, 6.45) is 5.35. The quantitative estimate of drug-likeness (QED) is 0.696. The molecule has 29 heavy (non-hydrogen) atoms. The number of aryl methyl sites for hydroxylation is 1. The van der Waals surface area contributed by atoms with Crippen LogP contribution >= 0.6 is 0 Å². The largest absolute Gasteiger partial charge is 0.367 e. The molecule has 0 radical (unpaired) electrons. The molecule has 1 amide bonds. The van der Waals surface area contributed by atoms with E-state index in [-0.39, 0.29) is 5.91 Å². The van der Waals surface area contributed by atoms with Crippen molar-refractivity contribution in [2.45, 2.75) is 0 Å². The number of aromatic nitrogens is 3. The molecule has 0 unspecified atom stereocenters. The first-order chi connectivity index (χ1) is 14.1. The van der Waals surface area contributed by atoms with Crippen LogP contribution in [0.3, 0.4) is 0 Å². The first kappa shape index (κ1) is 18.9. The van der Waals surface area contributed by atoms with E-state index in [0.29, 0.717) is 5.56 Å². The molecule has 150 valence electrons. The van der Waals surface area contributed by atoms with Crippen LogP contribution in [0.4, 0.5) is 22.9 Å². The van der Waals surface area contributed by atoms with Gasteiger partial charge < -0.3 is 20.4 Å². The van der Waals surface area contributed by atoms with Gasteiger partial charge in [0, 0.05) is 62.9 Å². The van der Waals surface area contributed by atoms with Gasteiger partial charge in [-0.1, -0.05) is 0 Å². The summed E-state index contributed by atoms with van der Waals surface area (Å²) in [6.45, 7) is 3.86. The molecule has 1 aromatic carbocycles. The van der Waals surface area contributed by atoms with Crippen molar-refractivity contribution in [2.75, 3.05) is 48.8 Å². The normalized spacial score (nSPS) is 14.6. The van der Waals surface area contributed by atoms with Crippen LogP contribution in [0.5, 0.6) is 0 Å². The number of hydrogen-bond acceptors (Lipinski definition) is 6. The number of benzene rings is 1. The highest BCUT2D eigenvalue weighted by Crippen LogP contribution is 2.26. The summed E-state index contributed by atoms with van der Waals surface area (Å²) < 4.78 is 1.73. The predicted molar refractivity (Wildman–Crippen MR) is 115 cm³/mol. The summed E-state index contributed by atoms with van der Waals surface area (Å²) in [5.41, 5.74) is 3.21. The van der Waals surface area contributed by atoms with Gasteiger partial charge in [-0.15, -0.1) is 0 Å². The Bertz CT molecular complexity index is 975. The third kappa shape index (κ3) is 4.55. The number of piperazine rings is 1. The molecule has 0 bridgehead atoms. The zero-order valence-electron chi connectivity index (χ0n) is 16.7. The fourth-order valence-electron chi connectivity index (χ4n) is 3.34. The van der Waals surface area contributed by atoms with Crippen LogP contribution in [0.1, 0.15) is 10.4 Å². The Morgan fingerprint density at radius 3 is 2.45 bits per heavy atom. The van der Waals surface area contributed by atoms with E-state index in [1.807, 2.05) is 37.5 Å². The highest BCUT2D eigenvalue weighted by Gasteiger charge is 2.18. The van der Waals surface area contributed by atoms with Crippen LogP contribution in [0, 0.1) is 0 Å². The molecule has 0 spiro atoms. The van der Waals surface area contributed by atoms with Crippen molar-refractivity contribution < 1.29 is 4.79 Å². The van der Waals surface area contributed by atoms with Gasteiger partial charge in [-0.25, -0.2) is 0 Å². The molecule has 0 atom stereocenters. The number of amides is 1. The van der Waals surface area contributed by atoms with Crippen molar-refractivity contribution in [1.82, 2.24) is 19.7 Å². The van der Waals surface area contributed by atoms with Gasteiger partial charge >= 0.3 is 0 Å². The van der Waals surface area contributed by atoms with Gasteiger partial charge in [0.25, 0.3) is 5.91 Å². The lowest BCUT2D eigenvalue weighted by Gasteiger charge is -2.34. The zero-order chi connectivity index (χ0) is 20.2. The minimum atomic E-state index is -0.155. The Balaban J connectivity index is 1.44. The maximum atomic E-state index is 12.8. The summed E-state index contributed by atoms with van der Waals surface area (Å²) in [4.78, 5) is 21.6. The van der Waals surface area contributed by atoms with Crippen molar-refractivity contribution >= 4 is 28.8 Å². The van der Waals surface area contributed by atoms with E-state index in [0.717, 1.165) is 49.1 Å². The van der Waals surface area contributed by atoms with Crippen molar-refractivity contribution in [3.8, 4) is 0 Å². The van der Waals surface area contributed by atoms with Gasteiger partial charge in [-0.3, -0.25) is 14.5 Å². The predicted octanol–water partition coefficient (Wildman–Crippen LogP) is 2.56. The van der Waals surface area contributed by atoms with Crippen LogP contribution < -0.4 is 15.5 Å². The summed E-state index contributed by atoms with van der Waals surface area (Å²) >= 11 is 0. The third-order valence-electron chi connectivity index (χ3n) is 5.02. The van der Waals surface area contributed by atoms with Crippen LogP contribution in [0.25, 0.3) is 0 Å². The topological polar surface area (TPSA) is 78.3 Å². The van der Waals surface area contributed by atoms with E-state index >= 15 is 0 Å². The Labute approximate surface area is 170 Å². The van der Waals surface area contributed by atoms with E-state index < -0.39 is 0 Å². The second-order valence-electron chi connectivity index (χ2n) is 7.21. The van der Waals surface area contributed by atoms with Crippen molar-refractivity contribution in [3.05, 3.63) is 60.6 Å². The molecule has 2 aromatic heterocycles. The van der Waals surface area contributed by atoms with Gasteiger partial charge in [-0.2, -0.15) is 5.10 Å². The highest BCUT2D eigenvalue weighted by atomic mass is 16.1. The van der Waals surface area contributed by atoms with E-state index in [9.17, 15) is 4.79 Å². The monoisotopic (exact) mass is 391 g/mol. The number of hydrogen-bond donors (Lipinski definition) is 2. The average Bonchev–Trinajstić information content (AvgIpc) is 3.14. The summed E-state index contributed by atoms with van der Waals surface area (Å²) in [7, 11) is 3.99. The number of nitrogens with zero attached hydrogens (tertiary/aromatic N) is 5. The molecule has 1 aliphatic heterocycles. The van der Waals surface area contributed by atoms with Crippen LogP contribution in [0.15, 0.2) is 55.0 Å². The minimum Gasteiger partial charge on any atom is -0.367 e. The molecule has 8 heteroatoms. The van der Waals surface area contributed by atoms with Gasteiger partial charge in [0.05, 0.1) is 17.6 Å². The maximum Gasteiger partial charge on any atom is 0.255 e. The Morgan fingerprint density at radius 1 is 1.00 bits per heavy atom. The van der Waals surface area contributed by atoms with E-state index in [4.69, 9.17) is 0 Å². The fourth-order valence-corrected chi connectivity index (χ4v) is 3.34. The first-order valence-electron chi connectivity index (χ1n) is 9.64. The maximum absolute atomic E-state index is 12.8. The minimum absolute atomic E-state index is 0.155. The molecular weight excluding hydrogens is 366 g/mol. The number of carbonyl (C=O) groups excluding carboxylic acids is 1. The van der Waals surface area contributed by atoms with E-state index in [1.165, 1.54) is 0 Å². The molecule has 0 saturated carbocycles. The average molecular weight is 391 g/mol. The van der Waals surface area contributed by atoms with Gasteiger partial charge in [0.15, 0.2) is 5.82 Å². The SMILES string of the molecule is CN1CCN(c2ccncc2NC(=O)c2ccc(Nc3ccn(C)n3)cc2)CC1. The van der Waals surface area contributed by atoms with Crippen LogP contribution in [-0.2, 0) is 7.05 Å². The van der Waals surface area contributed by atoms with Gasteiger partial charge in [-0.05, 0) is 37.4 Å². The molecule has 3 aromatic rings. The van der Waals surface area contributed by atoms with Crippen molar-refractivity contribution in [1.29, 1.82) is 0 Å². The molecule has 1 saturated heterocycles. The number of carbonyl (C=O) groups is 1. The Morgan fingerprint density at radius 2 is 1.76 bits per heavy atom. The fraction of sp³-hybridized carbons (Fsp3) is 0.286. The standard InChI is InChI=1S/C21H25N7O/c1-26-11-13-28(14-12-26)19-7-9-22-15-18(19)24-21(29)16-3-5-17(6-4-16)23-20-8-10-27(2)25-20/h3-10,15H,11-14H2,1-2H3,(H,23,25)(H,24,29). The molecule has 3 heterocycles. The summed E-state index contributed by atoms with van der Waals surface area (Å²) in [6, 6.07) is 11.2. The lowest BCUT2D eigenvalue weighted by molar-refractivity contribution is 0.102. The molecule has 1 fully saturated rings. The van der Waals surface area contributed by atoms with Crippen LogP contribution in [-0.4, -0.2) is 58.8 Å².